The maximum atomic E-state index is 12.5. The number of sulfone groups is 1. The van der Waals surface area contributed by atoms with Crippen LogP contribution in [0.15, 0.2) is 34.3 Å². The predicted molar refractivity (Wildman–Crippen MR) is 69.8 cm³/mol. The van der Waals surface area contributed by atoms with Gasteiger partial charge in [0.2, 0.25) is 0 Å². The van der Waals surface area contributed by atoms with E-state index in [9.17, 15) is 8.42 Å². The van der Waals surface area contributed by atoms with E-state index >= 15 is 0 Å². The molecule has 18 heavy (non-hydrogen) atoms. The molecule has 0 spiro atoms. The Balaban J connectivity index is 2.38. The Morgan fingerprint density at radius 3 is 2.50 bits per heavy atom. The molecule has 0 radical (unpaired) electrons. The Morgan fingerprint density at radius 2 is 1.89 bits per heavy atom. The highest BCUT2D eigenvalue weighted by Crippen LogP contribution is 2.27. The van der Waals surface area contributed by atoms with Gasteiger partial charge in [-0.2, -0.15) is 0 Å². The summed E-state index contributed by atoms with van der Waals surface area (Å²) in [6.45, 7) is 1.91. The minimum Gasteiger partial charge on any atom is -0.411 e. The normalized spacial score (nSPS) is 23.2. The molecule has 1 saturated carbocycles. The average molecular weight is 267 g/mol. The third-order valence-electron chi connectivity index (χ3n) is 3.37. The van der Waals surface area contributed by atoms with E-state index in [2.05, 4.69) is 5.16 Å². The topological polar surface area (TPSA) is 66.7 Å². The summed E-state index contributed by atoms with van der Waals surface area (Å²) in [5.41, 5.74) is 1.41. The molecule has 4 nitrogen and oxygen atoms in total. The smallest absolute Gasteiger partial charge is 0.186 e. The van der Waals surface area contributed by atoms with Crippen LogP contribution < -0.4 is 0 Å². The highest BCUT2D eigenvalue weighted by molar-refractivity contribution is 7.92. The molecule has 1 unspecified atom stereocenters. The second kappa shape index (κ2) is 5.10. The Hall–Kier alpha value is -1.36. The van der Waals surface area contributed by atoms with Gasteiger partial charge in [-0.3, -0.25) is 0 Å². The number of hydrogen-bond acceptors (Lipinski definition) is 4. The predicted octanol–water partition coefficient (Wildman–Crippen LogP) is 2.54. The van der Waals surface area contributed by atoms with Crippen LogP contribution in [0.1, 0.15) is 31.2 Å². The Morgan fingerprint density at radius 1 is 1.22 bits per heavy atom. The van der Waals surface area contributed by atoms with Crippen LogP contribution in [-0.2, 0) is 9.84 Å². The molecule has 2 rings (SSSR count). The Bertz CT molecular complexity index is 546. The minimum atomic E-state index is -3.43. The van der Waals surface area contributed by atoms with Crippen molar-refractivity contribution in [3.8, 4) is 0 Å². The fourth-order valence-electron chi connectivity index (χ4n) is 2.30. The fourth-order valence-corrected chi connectivity index (χ4v) is 4.15. The quantitative estimate of drug-likeness (QED) is 0.661. The summed E-state index contributed by atoms with van der Waals surface area (Å²) in [5, 5.41) is 11.4. The van der Waals surface area contributed by atoms with Crippen molar-refractivity contribution in [3.63, 3.8) is 0 Å². The van der Waals surface area contributed by atoms with Gasteiger partial charge in [0, 0.05) is 0 Å². The summed E-state index contributed by atoms with van der Waals surface area (Å²) in [7, 11) is -3.43. The van der Waals surface area contributed by atoms with Gasteiger partial charge >= 0.3 is 0 Å². The molecule has 1 aromatic rings. The van der Waals surface area contributed by atoms with Gasteiger partial charge in [-0.15, -0.1) is 0 Å². The van der Waals surface area contributed by atoms with Crippen molar-refractivity contribution in [1.29, 1.82) is 0 Å². The van der Waals surface area contributed by atoms with E-state index < -0.39 is 15.1 Å². The van der Waals surface area contributed by atoms with Crippen LogP contribution in [0.3, 0.4) is 0 Å². The van der Waals surface area contributed by atoms with Crippen LogP contribution in [0.2, 0.25) is 0 Å². The van der Waals surface area contributed by atoms with E-state index in [4.69, 9.17) is 5.21 Å². The van der Waals surface area contributed by atoms with Crippen molar-refractivity contribution in [2.45, 2.75) is 42.8 Å². The molecule has 1 fully saturated rings. The first-order valence-corrected chi connectivity index (χ1v) is 7.61. The van der Waals surface area contributed by atoms with Gasteiger partial charge < -0.3 is 5.21 Å². The zero-order valence-corrected chi connectivity index (χ0v) is 11.2. The van der Waals surface area contributed by atoms with E-state index in [0.717, 1.165) is 18.4 Å². The second-order valence-corrected chi connectivity index (χ2v) is 6.81. The fraction of sp³-hybridized carbons (Fsp3) is 0.462. The number of aryl methyl sites for hydroxylation is 1. The molecule has 98 valence electrons. The minimum absolute atomic E-state index is 0.307. The van der Waals surface area contributed by atoms with Crippen molar-refractivity contribution in [2.75, 3.05) is 0 Å². The van der Waals surface area contributed by atoms with Gasteiger partial charge in [-0.1, -0.05) is 29.3 Å². The van der Waals surface area contributed by atoms with Crippen LogP contribution in [0.5, 0.6) is 0 Å². The number of oxime groups is 1. The second-order valence-electron chi connectivity index (χ2n) is 4.68. The summed E-state index contributed by atoms with van der Waals surface area (Å²) < 4.78 is 25.0. The summed E-state index contributed by atoms with van der Waals surface area (Å²) in [6, 6.07) is 6.81. The highest BCUT2D eigenvalue weighted by atomic mass is 32.2. The first kappa shape index (κ1) is 13.1. The zero-order valence-electron chi connectivity index (χ0n) is 10.3. The van der Waals surface area contributed by atoms with E-state index in [-0.39, 0.29) is 0 Å². The molecule has 1 aliphatic carbocycles. The molecule has 0 aliphatic heterocycles. The standard InChI is InChI=1S/C13H17NO3S/c1-10-6-8-11(9-7-10)18(16,17)13-5-3-2-4-12(13)14-15/h6-9,13,15H,2-5H2,1H3. The van der Waals surface area contributed by atoms with Crippen molar-refractivity contribution in [1.82, 2.24) is 0 Å². The van der Waals surface area contributed by atoms with Gasteiger partial charge in [0.05, 0.1) is 10.6 Å². The largest absolute Gasteiger partial charge is 0.411 e. The molecular formula is C13H17NO3S. The lowest BCUT2D eigenvalue weighted by Gasteiger charge is -2.23. The summed E-state index contributed by atoms with van der Waals surface area (Å²) in [4.78, 5) is 0.307. The van der Waals surface area contributed by atoms with Gasteiger partial charge in [0.15, 0.2) is 9.84 Å². The number of benzene rings is 1. The lowest BCUT2D eigenvalue weighted by Crippen LogP contribution is -2.33. The highest BCUT2D eigenvalue weighted by Gasteiger charge is 2.34. The third kappa shape index (κ3) is 2.41. The molecular weight excluding hydrogens is 250 g/mol. The molecule has 1 N–H and O–H groups in total. The Kier molecular flexibility index (Phi) is 3.71. The van der Waals surface area contributed by atoms with Crippen LogP contribution in [0, 0.1) is 6.92 Å². The lowest BCUT2D eigenvalue weighted by atomic mass is 9.98. The van der Waals surface area contributed by atoms with E-state index in [0.29, 0.717) is 23.4 Å². The molecule has 1 aliphatic rings. The molecule has 0 aromatic heterocycles. The molecule has 0 saturated heterocycles. The van der Waals surface area contributed by atoms with E-state index in [1.165, 1.54) is 0 Å². The van der Waals surface area contributed by atoms with Gasteiger partial charge in [-0.25, -0.2) is 8.42 Å². The van der Waals surface area contributed by atoms with Crippen LogP contribution >= 0.6 is 0 Å². The van der Waals surface area contributed by atoms with Crippen molar-refractivity contribution >= 4 is 15.5 Å². The molecule has 1 atom stereocenters. The van der Waals surface area contributed by atoms with Crippen LogP contribution in [0.4, 0.5) is 0 Å². The molecule has 0 amide bonds. The maximum Gasteiger partial charge on any atom is 0.186 e. The molecule has 0 heterocycles. The number of nitrogens with zero attached hydrogens (tertiary/aromatic N) is 1. The van der Waals surface area contributed by atoms with E-state index in [1.54, 1.807) is 24.3 Å². The van der Waals surface area contributed by atoms with Crippen LogP contribution in [-0.4, -0.2) is 24.6 Å². The summed E-state index contributed by atoms with van der Waals surface area (Å²) in [5.74, 6) is 0. The van der Waals surface area contributed by atoms with Gasteiger partial charge in [-0.05, 0) is 38.3 Å². The number of hydrogen-bond donors (Lipinski definition) is 1. The number of rotatable bonds is 2. The SMILES string of the molecule is Cc1ccc(S(=O)(=O)C2CCCCC2=NO)cc1. The lowest BCUT2D eigenvalue weighted by molar-refractivity contribution is 0.314. The third-order valence-corrected chi connectivity index (χ3v) is 5.56. The van der Waals surface area contributed by atoms with E-state index in [1.807, 2.05) is 6.92 Å². The molecule has 5 heteroatoms. The van der Waals surface area contributed by atoms with Crippen LogP contribution in [0.25, 0.3) is 0 Å². The summed E-state index contributed by atoms with van der Waals surface area (Å²) >= 11 is 0. The van der Waals surface area contributed by atoms with Gasteiger partial charge in [0.1, 0.15) is 5.25 Å². The zero-order chi connectivity index (χ0) is 13.2. The van der Waals surface area contributed by atoms with Gasteiger partial charge in [0.25, 0.3) is 0 Å². The molecule has 1 aromatic carbocycles. The van der Waals surface area contributed by atoms with Crippen molar-refractivity contribution in [3.05, 3.63) is 29.8 Å². The Labute approximate surface area is 107 Å². The summed E-state index contributed by atoms with van der Waals surface area (Å²) in [6.07, 6.45) is 2.84. The first-order chi connectivity index (χ1) is 8.55. The van der Waals surface area contributed by atoms with Crippen molar-refractivity contribution in [2.24, 2.45) is 5.16 Å². The maximum absolute atomic E-state index is 12.5. The first-order valence-electron chi connectivity index (χ1n) is 6.07. The average Bonchev–Trinajstić information content (AvgIpc) is 2.39. The molecule has 0 bridgehead atoms. The monoisotopic (exact) mass is 267 g/mol. The van der Waals surface area contributed by atoms with Crippen molar-refractivity contribution < 1.29 is 13.6 Å².